The first-order valence-electron chi connectivity index (χ1n) is 9.40. The van der Waals surface area contributed by atoms with Gasteiger partial charge < -0.3 is 19.5 Å². The number of anilines is 1. The second-order valence-electron chi connectivity index (χ2n) is 6.80. The fourth-order valence-corrected chi connectivity index (χ4v) is 3.22. The number of nitrogens with one attached hydrogen (secondary N) is 1. The van der Waals surface area contributed by atoms with Crippen molar-refractivity contribution < 1.29 is 14.3 Å². The molecule has 3 rings (SSSR count). The molecule has 156 valence electrons. The molecule has 2 amide bonds. The van der Waals surface area contributed by atoms with Crippen LogP contribution in [0.2, 0.25) is 5.02 Å². The van der Waals surface area contributed by atoms with E-state index in [0.717, 1.165) is 5.56 Å². The Bertz CT molecular complexity index is 1020. The van der Waals surface area contributed by atoms with Crippen molar-refractivity contribution in [3.05, 3.63) is 77.3 Å². The van der Waals surface area contributed by atoms with Gasteiger partial charge in [0, 0.05) is 60.8 Å². The van der Waals surface area contributed by atoms with Crippen molar-refractivity contribution in [1.82, 2.24) is 14.5 Å². The van der Waals surface area contributed by atoms with Crippen LogP contribution in [0.25, 0.3) is 0 Å². The van der Waals surface area contributed by atoms with Crippen molar-refractivity contribution in [2.75, 3.05) is 19.5 Å². The van der Waals surface area contributed by atoms with Crippen LogP contribution in [0.1, 0.15) is 22.3 Å². The number of nitrogens with zero attached hydrogens (tertiary/aromatic N) is 3. The molecule has 1 heterocycles. The Morgan fingerprint density at radius 3 is 2.80 bits per heavy atom. The molecule has 30 heavy (non-hydrogen) atoms. The van der Waals surface area contributed by atoms with Gasteiger partial charge in [0.15, 0.2) is 0 Å². The van der Waals surface area contributed by atoms with Gasteiger partial charge in [-0.05, 0) is 36.4 Å². The largest absolute Gasteiger partial charge is 0.496 e. The molecule has 0 aliphatic rings. The third-order valence-electron chi connectivity index (χ3n) is 4.55. The van der Waals surface area contributed by atoms with Gasteiger partial charge in [0.2, 0.25) is 5.91 Å². The van der Waals surface area contributed by atoms with E-state index in [4.69, 9.17) is 16.3 Å². The molecule has 0 fully saturated rings. The van der Waals surface area contributed by atoms with Gasteiger partial charge in [-0.1, -0.05) is 17.7 Å². The molecular weight excluding hydrogens is 404 g/mol. The smallest absolute Gasteiger partial charge is 0.253 e. The van der Waals surface area contributed by atoms with Crippen LogP contribution in [0, 0.1) is 0 Å². The average molecular weight is 427 g/mol. The summed E-state index contributed by atoms with van der Waals surface area (Å²) < 4.78 is 7.18. The molecule has 7 nitrogen and oxygen atoms in total. The number of ether oxygens (including phenoxy) is 1. The zero-order valence-corrected chi connectivity index (χ0v) is 17.6. The quantitative estimate of drug-likeness (QED) is 0.593. The van der Waals surface area contributed by atoms with Crippen molar-refractivity contribution in [3.8, 4) is 5.75 Å². The Labute approximate surface area is 180 Å². The summed E-state index contributed by atoms with van der Waals surface area (Å²) in [5.41, 5.74) is 1.86. The fraction of sp³-hybridized carbons (Fsp3) is 0.227. The average Bonchev–Trinajstić information content (AvgIpc) is 3.26. The lowest BCUT2D eigenvalue weighted by Gasteiger charge is -2.19. The third-order valence-corrected chi connectivity index (χ3v) is 4.78. The Balaban J connectivity index is 1.63. The van der Waals surface area contributed by atoms with E-state index < -0.39 is 0 Å². The number of aryl methyl sites for hydroxylation is 1. The zero-order chi connectivity index (χ0) is 21.5. The van der Waals surface area contributed by atoms with Crippen LogP contribution in [0.3, 0.4) is 0 Å². The highest BCUT2D eigenvalue weighted by Gasteiger charge is 2.15. The van der Waals surface area contributed by atoms with Crippen LogP contribution in [0.4, 0.5) is 5.69 Å². The first-order valence-corrected chi connectivity index (χ1v) is 9.77. The van der Waals surface area contributed by atoms with Crippen LogP contribution in [0.5, 0.6) is 5.75 Å². The van der Waals surface area contributed by atoms with E-state index in [1.54, 1.807) is 80.2 Å². The maximum Gasteiger partial charge on any atom is 0.253 e. The van der Waals surface area contributed by atoms with Crippen LogP contribution >= 0.6 is 11.6 Å². The molecule has 0 atom stereocenters. The molecule has 0 saturated carbocycles. The Morgan fingerprint density at radius 1 is 1.23 bits per heavy atom. The van der Waals surface area contributed by atoms with Crippen LogP contribution in [-0.4, -0.2) is 40.4 Å². The highest BCUT2D eigenvalue weighted by atomic mass is 35.5. The predicted molar refractivity (Wildman–Crippen MR) is 116 cm³/mol. The van der Waals surface area contributed by atoms with Gasteiger partial charge >= 0.3 is 0 Å². The van der Waals surface area contributed by atoms with E-state index in [1.165, 1.54) is 0 Å². The molecule has 2 aromatic carbocycles. The standard InChI is InChI=1S/C22H23ClN4O3/c1-26(14-17-12-18(23)6-7-20(17)30-2)22(29)16-4-3-5-19(13-16)25-21(28)8-10-27-11-9-24-15-27/h3-7,9,11-13,15H,8,10,14H2,1-2H3,(H,25,28). The van der Waals surface area contributed by atoms with Gasteiger partial charge in [-0.3, -0.25) is 9.59 Å². The minimum atomic E-state index is -0.174. The maximum absolute atomic E-state index is 12.9. The van der Waals surface area contributed by atoms with Gasteiger partial charge in [0.05, 0.1) is 13.4 Å². The minimum Gasteiger partial charge on any atom is -0.496 e. The molecule has 1 aromatic heterocycles. The molecule has 0 bridgehead atoms. The normalized spacial score (nSPS) is 10.5. The van der Waals surface area contributed by atoms with E-state index in [1.807, 2.05) is 4.57 Å². The Hall–Kier alpha value is -3.32. The molecular formula is C22H23ClN4O3. The topological polar surface area (TPSA) is 76.5 Å². The number of rotatable bonds is 8. The van der Waals surface area contributed by atoms with Gasteiger partial charge in [-0.15, -0.1) is 0 Å². The highest BCUT2D eigenvalue weighted by Crippen LogP contribution is 2.24. The highest BCUT2D eigenvalue weighted by molar-refractivity contribution is 6.30. The van der Waals surface area contributed by atoms with Gasteiger partial charge in [-0.2, -0.15) is 0 Å². The maximum atomic E-state index is 12.9. The Morgan fingerprint density at radius 2 is 2.07 bits per heavy atom. The summed E-state index contributed by atoms with van der Waals surface area (Å²) in [6.07, 6.45) is 5.44. The van der Waals surface area contributed by atoms with E-state index in [0.29, 0.717) is 41.5 Å². The van der Waals surface area contributed by atoms with Crippen molar-refractivity contribution in [2.24, 2.45) is 0 Å². The second-order valence-corrected chi connectivity index (χ2v) is 7.23. The lowest BCUT2D eigenvalue weighted by Crippen LogP contribution is -2.26. The summed E-state index contributed by atoms with van der Waals surface area (Å²) in [6.45, 7) is 0.874. The monoisotopic (exact) mass is 426 g/mol. The summed E-state index contributed by atoms with van der Waals surface area (Å²) in [4.78, 5) is 30.6. The van der Waals surface area contributed by atoms with Gasteiger partial charge in [-0.25, -0.2) is 4.98 Å². The van der Waals surface area contributed by atoms with E-state index in [2.05, 4.69) is 10.3 Å². The molecule has 0 saturated heterocycles. The molecule has 3 aromatic rings. The summed E-state index contributed by atoms with van der Waals surface area (Å²) >= 11 is 6.08. The lowest BCUT2D eigenvalue weighted by molar-refractivity contribution is -0.116. The van der Waals surface area contributed by atoms with Crippen LogP contribution in [0.15, 0.2) is 61.2 Å². The van der Waals surface area contributed by atoms with Gasteiger partial charge in [0.1, 0.15) is 5.75 Å². The number of methoxy groups -OCH3 is 1. The number of halogens is 1. The number of hydrogen-bond acceptors (Lipinski definition) is 4. The van der Waals surface area contributed by atoms with E-state index >= 15 is 0 Å². The number of aromatic nitrogens is 2. The second kappa shape index (κ2) is 9.93. The lowest BCUT2D eigenvalue weighted by atomic mass is 10.1. The number of benzene rings is 2. The molecule has 0 spiro atoms. The summed E-state index contributed by atoms with van der Waals surface area (Å²) in [5, 5.41) is 3.41. The fourth-order valence-electron chi connectivity index (χ4n) is 3.02. The molecule has 0 aliphatic carbocycles. The number of amides is 2. The summed E-state index contributed by atoms with van der Waals surface area (Å²) in [6, 6.07) is 12.2. The van der Waals surface area contributed by atoms with Crippen molar-refractivity contribution in [2.45, 2.75) is 19.5 Å². The number of carbonyl (C=O) groups is 2. The first kappa shape index (κ1) is 21.4. The zero-order valence-electron chi connectivity index (χ0n) is 16.8. The van der Waals surface area contributed by atoms with E-state index in [-0.39, 0.29) is 11.8 Å². The first-order chi connectivity index (χ1) is 14.5. The number of imidazole rings is 1. The number of carbonyl (C=O) groups excluding carboxylic acids is 2. The van der Waals surface area contributed by atoms with Crippen molar-refractivity contribution >= 4 is 29.1 Å². The van der Waals surface area contributed by atoms with Gasteiger partial charge in [0.25, 0.3) is 5.91 Å². The molecule has 1 N–H and O–H groups in total. The summed E-state index contributed by atoms with van der Waals surface area (Å²) in [7, 11) is 3.28. The number of hydrogen-bond donors (Lipinski definition) is 1. The van der Waals surface area contributed by atoms with E-state index in [9.17, 15) is 9.59 Å². The molecule has 0 unspecified atom stereocenters. The summed E-state index contributed by atoms with van der Waals surface area (Å²) in [5.74, 6) is 0.356. The SMILES string of the molecule is COc1ccc(Cl)cc1CN(C)C(=O)c1cccc(NC(=O)CCn2ccnc2)c1. The minimum absolute atomic E-state index is 0.134. The molecule has 0 radical (unpaired) electrons. The Kier molecular flexibility index (Phi) is 7.08. The van der Waals surface area contributed by atoms with Crippen LogP contribution in [-0.2, 0) is 17.9 Å². The third kappa shape index (κ3) is 5.61. The molecule has 0 aliphatic heterocycles. The van der Waals surface area contributed by atoms with Crippen LogP contribution < -0.4 is 10.1 Å². The predicted octanol–water partition coefficient (Wildman–Crippen LogP) is 3.85. The van der Waals surface area contributed by atoms with Crippen molar-refractivity contribution in [3.63, 3.8) is 0 Å². The molecule has 8 heteroatoms. The van der Waals surface area contributed by atoms with Crippen molar-refractivity contribution in [1.29, 1.82) is 0 Å².